The van der Waals surface area contributed by atoms with Gasteiger partial charge in [0.25, 0.3) is 0 Å². The van der Waals surface area contributed by atoms with E-state index in [-0.39, 0.29) is 17.9 Å². The van der Waals surface area contributed by atoms with Crippen LogP contribution in [-0.2, 0) is 9.53 Å². The maximum absolute atomic E-state index is 11.7. The predicted octanol–water partition coefficient (Wildman–Crippen LogP) is 0.840. The molecule has 0 radical (unpaired) electrons. The van der Waals surface area contributed by atoms with Crippen LogP contribution in [0, 0.1) is 11.8 Å². The molecule has 1 amide bonds. The standard InChI is InChI=1S/C11H20N2O2S/c1-7(6-15-2)5-9(14)13-10(11(12)16)8-3-4-8/h7-8,10H,3-6H2,1-2H3,(H2,12,16)(H,13,14). The first-order valence-corrected chi connectivity index (χ1v) is 6.03. The second-order valence-corrected chi connectivity index (χ2v) is 5.02. The van der Waals surface area contributed by atoms with E-state index in [4.69, 9.17) is 22.7 Å². The number of thiocarbonyl (C=S) groups is 1. The number of amides is 1. The van der Waals surface area contributed by atoms with Gasteiger partial charge in [-0.1, -0.05) is 19.1 Å². The Labute approximate surface area is 102 Å². The van der Waals surface area contributed by atoms with Crippen molar-refractivity contribution in [3.05, 3.63) is 0 Å². The van der Waals surface area contributed by atoms with E-state index in [0.717, 1.165) is 12.8 Å². The quantitative estimate of drug-likeness (QED) is 0.651. The normalized spacial score (nSPS) is 18.9. The lowest BCUT2D eigenvalue weighted by Crippen LogP contribution is -2.45. The summed E-state index contributed by atoms with van der Waals surface area (Å²) in [4.78, 5) is 12.1. The van der Waals surface area contributed by atoms with Crippen LogP contribution in [0.25, 0.3) is 0 Å². The zero-order valence-electron chi connectivity index (χ0n) is 9.86. The number of methoxy groups -OCH3 is 1. The fourth-order valence-electron chi connectivity index (χ4n) is 1.74. The summed E-state index contributed by atoms with van der Waals surface area (Å²) in [5.74, 6) is 0.685. The van der Waals surface area contributed by atoms with Crippen molar-refractivity contribution in [1.82, 2.24) is 5.32 Å². The van der Waals surface area contributed by atoms with Crippen molar-refractivity contribution in [2.45, 2.75) is 32.2 Å². The maximum atomic E-state index is 11.7. The minimum Gasteiger partial charge on any atom is -0.392 e. The summed E-state index contributed by atoms with van der Waals surface area (Å²) < 4.78 is 4.99. The van der Waals surface area contributed by atoms with Crippen LogP contribution in [0.4, 0.5) is 0 Å². The molecule has 3 N–H and O–H groups in total. The van der Waals surface area contributed by atoms with Gasteiger partial charge in [-0.25, -0.2) is 0 Å². The van der Waals surface area contributed by atoms with Gasteiger partial charge >= 0.3 is 0 Å². The largest absolute Gasteiger partial charge is 0.392 e. The van der Waals surface area contributed by atoms with Crippen molar-refractivity contribution in [2.24, 2.45) is 17.6 Å². The summed E-state index contributed by atoms with van der Waals surface area (Å²) in [7, 11) is 1.64. The highest BCUT2D eigenvalue weighted by atomic mass is 32.1. The van der Waals surface area contributed by atoms with Gasteiger partial charge in [0.1, 0.15) is 0 Å². The molecule has 1 fully saturated rings. The molecule has 16 heavy (non-hydrogen) atoms. The van der Waals surface area contributed by atoms with E-state index in [1.807, 2.05) is 6.92 Å². The van der Waals surface area contributed by atoms with Crippen molar-refractivity contribution in [3.8, 4) is 0 Å². The number of ether oxygens (including phenoxy) is 1. The Balaban J connectivity index is 2.33. The van der Waals surface area contributed by atoms with Gasteiger partial charge in [0.15, 0.2) is 0 Å². The minimum absolute atomic E-state index is 0.00856. The van der Waals surface area contributed by atoms with Crippen molar-refractivity contribution < 1.29 is 9.53 Å². The molecule has 1 rings (SSSR count). The van der Waals surface area contributed by atoms with Gasteiger partial charge in [0, 0.05) is 20.1 Å². The monoisotopic (exact) mass is 244 g/mol. The van der Waals surface area contributed by atoms with E-state index >= 15 is 0 Å². The molecule has 2 unspecified atom stereocenters. The zero-order valence-corrected chi connectivity index (χ0v) is 10.7. The third-order valence-corrected chi connectivity index (χ3v) is 2.96. The van der Waals surface area contributed by atoms with E-state index in [2.05, 4.69) is 5.32 Å². The molecule has 0 spiro atoms. The molecule has 2 atom stereocenters. The first kappa shape index (κ1) is 13.4. The highest BCUT2D eigenvalue weighted by Gasteiger charge is 2.34. The molecule has 5 heteroatoms. The molecule has 0 heterocycles. The van der Waals surface area contributed by atoms with Gasteiger partial charge in [-0.15, -0.1) is 0 Å². The molecule has 0 saturated heterocycles. The van der Waals surface area contributed by atoms with Crippen LogP contribution < -0.4 is 11.1 Å². The number of hydrogen-bond donors (Lipinski definition) is 2. The van der Waals surface area contributed by atoms with Crippen LogP contribution in [0.1, 0.15) is 26.2 Å². The van der Waals surface area contributed by atoms with Crippen molar-refractivity contribution >= 4 is 23.1 Å². The molecule has 0 aromatic heterocycles. The summed E-state index contributed by atoms with van der Waals surface area (Å²) >= 11 is 4.95. The summed E-state index contributed by atoms with van der Waals surface area (Å²) in [6.07, 6.45) is 2.67. The molecule has 4 nitrogen and oxygen atoms in total. The second kappa shape index (κ2) is 6.15. The lowest BCUT2D eigenvalue weighted by molar-refractivity contribution is -0.122. The Kier molecular flexibility index (Phi) is 5.15. The average molecular weight is 244 g/mol. The third-order valence-electron chi connectivity index (χ3n) is 2.70. The third kappa shape index (κ3) is 4.45. The molecular weight excluding hydrogens is 224 g/mol. The van der Waals surface area contributed by atoms with E-state index in [9.17, 15) is 4.79 Å². The Bertz CT molecular complexity index is 267. The van der Waals surface area contributed by atoms with Gasteiger partial charge in [-0.2, -0.15) is 0 Å². The van der Waals surface area contributed by atoms with Gasteiger partial charge in [0.05, 0.1) is 11.0 Å². The van der Waals surface area contributed by atoms with Crippen LogP contribution >= 0.6 is 12.2 Å². The van der Waals surface area contributed by atoms with Crippen LogP contribution in [-0.4, -0.2) is 30.7 Å². The minimum atomic E-state index is -0.114. The van der Waals surface area contributed by atoms with E-state index < -0.39 is 0 Å². The predicted molar refractivity (Wildman–Crippen MR) is 67.1 cm³/mol. The number of carbonyl (C=O) groups excluding carboxylic acids is 1. The van der Waals surface area contributed by atoms with Crippen molar-refractivity contribution in [2.75, 3.05) is 13.7 Å². The summed E-state index contributed by atoms with van der Waals surface area (Å²) in [6.45, 7) is 2.57. The van der Waals surface area contributed by atoms with Crippen LogP contribution in [0.15, 0.2) is 0 Å². The molecule has 0 aromatic carbocycles. The van der Waals surface area contributed by atoms with Crippen molar-refractivity contribution in [1.29, 1.82) is 0 Å². The molecule has 1 aliphatic rings. The Morgan fingerprint density at radius 1 is 1.62 bits per heavy atom. The fourth-order valence-corrected chi connectivity index (χ4v) is 1.99. The molecule has 1 saturated carbocycles. The summed E-state index contributed by atoms with van der Waals surface area (Å²) in [6, 6.07) is -0.114. The molecule has 1 aliphatic carbocycles. The van der Waals surface area contributed by atoms with Gasteiger partial charge in [0.2, 0.25) is 5.91 Å². The zero-order chi connectivity index (χ0) is 12.1. The Morgan fingerprint density at radius 2 is 2.25 bits per heavy atom. The summed E-state index contributed by atoms with van der Waals surface area (Å²) in [5, 5.41) is 2.91. The molecule has 0 aromatic rings. The molecule has 0 aliphatic heterocycles. The van der Waals surface area contributed by atoms with Gasteiger partial charge in [-0.05, 0) is 24.7 Å². The van der Waals surface area contributed by atoms with Gasteiger partial charge < -0.3 is 15.8 Å². The lowest BCUT2D eigenvalue weighted by Gasteiger charge is -2.18. The SMILES string of the molecule is COCC(C)CC(=O)NC(C(N)=S)C1CC1. The van der Waals surface area contributed by atoms with E-state index in [0.29, 0.717) is 23.9 Å². The number of hydrogen-bond acceptors (Lipinski definition) is 3. The average Bonchev–Trinajstić information content (AvgIpc) is 2.97. The first-order valence-electron chi connectivity index (χ1n) is 5.62. The Morgan fingerprint density at radius 3 is 2.69 bits per heavy atom. The lowest BCUT2D eigenvalue weighted by atomic mass is 10.1. The van der Waals surface area contributed by atoms with Gasteiger partial charge in [-0.3, -0.25) is 4.79 Å². The van der Waals surface area contributed by atoms with E-state index in [1.165, 1.54) is 0 Å². The van der Waals surface area contributed by atoms with Crippen LogP contribution in [0.5, 0.6) is 0 Å². The maximum Gasteiger partial charge on any atom is 0.220 e. The van der Waals surface area contributed by atoms with Crippen molar-refractivity contribution in [3.63, 3.8) is 0 Å². The smallest absolute Gasteiger partial charge is 0.220 e. The Hall–Kier alpha value is -0.680. The molecular formula is C11H20N2O2S. The number of nitrogens with two attached hydrogens (primary N) is 1. The summed E-state index contributed by atoms with van der Waals surface area (Å²) in [5.41, 5.74) is 5.61. The topological polar surface area (TPSA) is 64.3 Å². The number of carbonyl (C=O) groups is 1. The van der Waals surface area contributed by atoms with E-state index in [1.54, 1.807) is 7.11 Å². The van der Waals surface area contributed by atoms with Crippen LogP contribution in [0.3, 0.4) is 0 Å². The second-order valence-electron chi connectivity index (χ2n) is 4.55. The number of nitrogens with one attached hydrogen (secondary N) is 1. The molecule has 92 valence electrons. The fraction of sp³-hybridized carbons (Fsp3) is 0.818. The number of rotatable bonds is 7. The first-order chi connectivity index (χ1) is 7.54. The highest BCUT2D eigenvalue weighted by molar-refractivity contribution is 7.80. The molecule has 0 bridgehead atoms. The highest BCUT2D eigenvalue weighted by Crippen LogP contribution is 2.32. The van der Waals surface area contributed by atoms with Crippen LogP contribution in [0.2, 0.25) is 0 Å².